The van der Waals surface area contributed by atoms with E-state index in [1.54, 1.807) is 0 Å². The number of piperidine rings is 1. The van der Waals surface area contributed by atoms with E-state index in [-0.39, 0.29) is 5.91 Å². The third kappa shape index (κ3) is 7.03. The lowest BCUT2D eigenvalue weighted by atomic mass is 9.97. The van der Waals surface area contributed by atoms with Crippen LogP contribution in [0.1, 0.15) is 31.7 Å². The highest BCUT2D eigenvalue weighted by Gasteiger charge is 2.29. The normalized spacial score (nSPS) is 21.6. The highest BCUT2D eigenvalue weighted by molar-refractivity contribution is 5.80. The van der Waals surface area contributed by atoms with Crippen molar-refractivity contribution in [2.45, 2.75) is 32.6 Å². The molecule has 3 rings (SSSR count). The summed E-state index contributed by atoms with van der Waals surface area (Å²) < 4.78 is 0. The Labute approximate surface area is 175 Å². The van der Waals surface area contributed by atoms with Gasteiger partial charge in [0, 0.05) is 45.1 Å². The van der Waals surface area contributed by atoms with E-state index >= 15 is 0 Å². The first-order chi connectivity index (χ1) is 14.1. The molecule has 1 amide bonds. The molecule has 29 heavy (non-hydrogen) atoms. The third-order valence-electron chi connectivity index (χ3n) is 6.06. The van der Waals surface area contributed by atoms with Crippen LogP contribution in [0.4, 0.5) is 0 Å². The van der Waals surface area contributed by atoms with Crippen molar-refractivity contribution in [1.82, 2.24) is 20.4 Å². The number of benzene rings is 1. The molecule has 2 heterocycles. The first-order valence-electron chi connectivity index (χ1n) is 11.2. The second-order valence-electron chi connectivity index (χ2n) is 8.49. The summed E-state index contributed by atoms with van der Waals surface area (Å²) in [5.74, 6) is 2.20. The maximum Gasteiger partial charge on any atom is 0.223 e. The molecule has 0 spiro atoms. The molecule has 0 aromatic heterocycles. The number of nitrogens with zero attached hydrogens (tertiary/aromatic N) is 3. The minimum Gasteiger partial charge on any atom is -0.357 e. The van der Waals surface area contributed by atoms with E-state index in [9.17, 15) is 4.79 Å². The predicted molar refractivity (Wildman–Crippen MR) is 119 cm³/mol. The Bertz CT molecular complexity index is 654. The smallest absolute Gasteiger partial charge is 0.223 e. The number of carbonyl (C=O) groups excluding carboxylic acids is 1. The summed E-state index contributed by atoms with van der Waals surface area (Å²) in [4.78, 5) is 21.6. The zero-order valence-electron chi connectivity index (χ0n) is 18.1. The highest BCUT2D eigenvalue weighted by atomic mass is 16.2. The van der Waals surface area contributed by atoms with Crippen LogP contribution in [-0.4, -0.2) is 74.5 Å². The molecule has 0 saturated carbocycles. The maximum atomic E-state index is 12.4. The summed E-state index contributed by atoms with van der Waals surface area (Å²) in [7, 11) is 2.20. The van der Waals surface area contributed by atoms with Gasteiger partial charge in [0.2, 0.25) is 5.91 Å². The van der Waals surface area contributed by atoms with Crippen LogP contribution in [0.15, 0.2) is 35.3 Å². The van der Waals surface area contributed by atoms with Crippen molar-refractivity contribution in [2.24, 2.45) is 16.8 Å². The van der Waals surface area contributed by atoms with E-state index in [2.05, 4.69) is 53.8 Å². The molecule has 2 aliphatic heterocycles. The molecule has 160 valence electrons. The van der Waals surface area contributed by atoms with E-state index in [0.29, 0.717) is 18.9 Å². The van der Waals surface area contributed by atoms with Gasteiger partial charge < -0.3 is 20.4 Å². The molecule has 0 radical (unpaired) electrons. The summed E-state index contributed by atoms with van der Waals surface area (Å²) in [6.45, 7) is 8.62. The molecular weight excluding hydrogens is 362 g/mol. The number of rotatable bonds is 8. The number of nitrogens with one attached hydrogen (secondary N) is 2. The summed E-state index contributed by atoms with van der Waals surface area (Å²) >= 11 is 0. The Morgan fingerprint density at radius 3 is 2.62 bits per heavy atom. The largest absolute Gasteiger partial charge is 0.357 e. The molecule has 1 aromatic rings. The van der Waals surface area contributed by atoms with Crippen LogP contribution in [0.5, 0.6) is 0 Å². The van der Waals surface area contributed by atoms with Gasteiger partial charge in [-0.05, 0) is 57.8 Å². The van der Waals surface area contributed by atoms with Crippen molar-refractivity contribution in [3.63, 3.8) is 0 Å². The molecule has 0 aliphatic carbocycles. The summed E-state index contributed by atoms with van der Waals surface area (Å²) in [5.41, 5.74) is 1.29. The van der Waals surface area contributed by atoms with Gasteiger partial charge in [-0.25, -0.2) is 0 Å². The second-order valence-corrected chi connectivity index (χ2v) is 8.49. The highest BCUT2D eigenvalue weighted by Crippen LogP contribution is 2.19. The monoisotopic (exact) mass is 399 g/mol. The summed E-state index contributed by atoms with van der Waals surface area (Å²) in [6.07, 6.45) is 4.03. The Hall–Kier alpha value is -2.08. The Kier molecular flexibility index (Phi) is 8.35. The molecule has 6 heteroatoms. The number of guanidine groups is 1. The van der Waals surface area contributed by atoms with Gasteiger partial charge in [0.1, 0.15) is 0 Å². The van der Waals surface area contributed by atoms with Crippen molar-refractivity contribution in [3.8, 4) is 0 Å². The number of amides is 1. The maximum absolute atomic E-state index is 12.4. The quantitative estimate of drug-likeness (QED) is 0.518. The van der Waals surface area contributed by atoms with Crippen molar-refractivity contribution in [1.29, 1.82) is 0 Å². The minimum absolute atomic E-state index is 0.269. The van der Waals surface area contributed by atoms with E-state index in [0.717, 1.165) is 44.5 Å². The molecule has 2 N–H and O–H groups in total. The first kappa shape index (κ1) is 21.6. The number of likely N-dealkylation sites (tertiary alicyclic amines) is 2. The van der Waals surface area contributed by atoms with Crippen LogP contribution < -0.4 is 10.6 Å². The number of hydrogen-bond acceptors (Lipinski definition) is 3. The third-order valence-corrected chi connectivity index (χ3v) is 6.06. The summed E-state index contributed by atoms with van der Waals surface area (Å²) in [6, 6.07) is 10.4. The van der Waals surface area contributed by atoms with Gasteiger partial charge in [-0.2, -0.15) is 0 Å². The molecule has 2 aliphatic rings. The molecule has 0 bridgehead atoms. The van der Waals surface area contributed by atoms with Gasteiger partial charge in [0.15, 0.2) is 5.96 Å². The SMILES string of the molecule is CCNC(=NCC1CC(=O)N(CCc2ccccc2)C1)NCC1CCN(C)CC1. The van der Waals surface area contributed by atoms with Crippen LogP contribution in [0.2, 0.25) is 0 Å². The fraction of sp³-hybridized carbons (Fsp3) is 0.652. The van der Waals surface area contributed by atoms with Crippen molar-refractivity contribution < 1.29 is 4.79 Å². The van der Waals surface area contributed by atoms with E-state index in [1.165, 1.54) is 31.5 Å². The zero-order chi connectivity index (χ0) is 20.5. The first-order valence-corrected chi connectivity index (χ1v) is 11.2. The molecule has 1 atom stereocenters. The number of aliphatic imine (C=N–C) groups is 1. The van der Waals surface area contributed by atoms with Crippen molar-refractivity contribution in [3.05, 3.63) is 35.9 Å². The minimum atomic E-state index is 0.269. The molecule has 6 nitrogen and oxygen atoms in total. The fourth-order valence-corrected chi connectivity index (χ4v) is 4.17. The van der Waals surface area contributed by atoms with E-state index in [4.69, 9.17) is 4.99 Å². The summed E-state index contributed by atoms with van der Waals surface area (Å²) in [5, 5.41) is 6.87. The molecular formula is C23H37N5O. The lowest BCUT2D eigenvalue weighted by Gasteiger charge is -2.29. The van der Waals surface area contributed by atoms with E-state index < -0.39 is 0 Å². The van der Waals surface area contributed by atoms with Gasteiger partial charge in [-0.3, -0.25) is 9.79 Å². The average molecular weight is 400 g/mol. The lowest BCUT2D eigenvalue weighted by Crippen LogP contribution is -2.42. The standard InChI is InChI=1S/C23H37N5O/c1-3-24-23(25-16-20-9-12-27(2)13-10-20)26-17-21-15-22(29)28(18-21)14-11-19-7-5-4-6-8-19/h4-8,20-21H,3,9-18H2,1-2H3,(H2,24,25,26). The lowest BCUT2D eigenvalue weighted by molar-refractivity contribution is -0.127. The van der Waals surface area contributed by atoms with Crippen LogP contribution in [-0.2, 0) is 11.2 Å². The van der Waals surface area contributed by atoms with Crippen molar-refractivity contribution in [2.75, 3.05) is 52.9 Å². The van der Waals surface area contributed by atoms with Crippen molar-refractivity contribution >= 4 is 11.9 Å². The Morgan fingerprint density at radius 2 is 1.90 bits per heavy atom. The zero-order valence-corrected chi connectivity index (χ0v) is 18.1. The predicted octanol–water partition coefficient (Wildman–Crippen LogP) is 1.97. The van der Waals surface area contributed by atoms with Crippen LogP contribution in [0.3, 0.4) is 0 Å². The fourth-order valence-electron chi connectivity index (χ4n) is 4.17. The second kappa shape index (κ2) is 11.2. The van der Waals surface area contributed by atoms with Crippen LogP contribution in [0.25, 0.3) is 0 Å². The van der Waals surface area contributed by atoms with Gasteiger partial charge >= 0.3 is 0 Å². The van der Waals surface area contributed by atoms with Gasteiger partial charge in [0.05, 0.1) is 0 Å². The van der Waals surface area contributed by atoms with Gasteiger partial charge in [-0.1, -0.05) is 30.3 Å². The molecule has 2 saturated heterocycles. The Balaban J connectivity index is 1.43. The molecule has 1 aromatic carbocycles. The molecule has 2 fully saturated rings. The average Bonchev–Trinajstić information content (AvgIpc) is 3.10. The van der Waals surface area contributed by atoms with Gasteiger partial charge in [-0.15, -0.1) is 0 Å². The topological polar surface area (TPSA) is 60.0 Å². The molecule has 1 unspecified atom stereocenters. The number of hydrogen-bond donors (Lipinski definition) is 2. The van der Waals surface area contributed by atoms with E-state index in [1.807, 2.05) is 11.0 Å². The Morgan fingerprint density at radius 1 is 1.14 bits per heavy atom. The van der Waals surface area contributed by atoms with Crippen LogP contribution >= 0.6 is 0 Å². The van der Waals surface area contributed by atoms with Gasteiger partial charge in [0.25, 0.3) is 0 Å². The number of carbonyl (C=O) groups is 1. The van der Waals surface area contributed by atoms with Crippen LogP contribution in [0, 0.1) is 11.8 Å².